The molecule has 1 aliphatic heterocycles. The summed E-state index contributed by atoms with van der Waals surface area (Å²) in [6.07, 6.45) is 3.78. The molecule has 4 heteroatoms. The number of hydrogen-bond acceptors (Lipinski definition) is 2. The molecule has 0 spiro atoms. The molecule has 0 radical (unpaired) electrons. The summed E-state index contributed by atoms with van der Waals surface area (Å²) in [5.41, 5.74) is 5.07. The van der Waals surface area contributed by atoms with Gasteiger partial charge in [0.2, 0.25) is 11.8 Å². The van der Waals surface area contributed by atoms with E-state index >= 15 is 0 Å². The number of carbonyl (C=O) groups excluding carboxylic acids is 2. The van der Waals surface area contributed by atoms with Crippen LogP contribution < -0.4 is 5.73 Å². The van der Waals surface area contributed by atoms with E-state index in [4.69, 9.17) is 5.73 Å². The van der Waals surface area contributed by atoms with Gasteiger partial charge in [-0.15, -0.1) is 0 Å². The van der Waals surface area contributed by atoms with Crippen molar-refractivity contribution in [2.75, 3.05) is 6.54 Å². The maximum absolute atomic E-state index is 11.2. The average Bonchev–Trinajstić information content (AvgIpc) is 1.82. The van der Waals surface area contributed by atoms with E-state index in [1.165, 1.54) is 11.0 Å². The van der Waals surface area contributed by atoms with E-state index in [-0.39, 0.29) is 11.9 Å². The van der Waals surface area contributed by atoms with Crippen molar-refractivity contribution in [2.24, 2.45) is 5.73 Å². The van der Waals surface area contributed by atoms with Gasteiger partial charge >= 0.3 is 0 Å². The van der Waals surface area contributed by atoms with Crippen molar-refractivity contribution in [3.05, 3.63) is 12.2 Å². The lowest BCUT2D eigenvalue weighted by Gasteiger charge is -2.37. The summed E-state index contributed by atoms with van der Waals surface area (Å²) >= 11 is 0. The van der Waals surface area contributed by atoms with Gasteiger partial charge in [-0.3, -0.25) is 9.59 Å². The summed E-state index contributed by atoms with van der Waals surface area (Å²) < 4.78 is 0. The number of primary amides is 1. The van der Waals surface area contributed by atoms with Crippen LogP contribution in [0.5, 0.6) is 0 Å². The van der Waals surface area contributed by atoms with Crippen LogP contribution in [0.3, 0.4) is 0 Å². The Hall–Kier alpha value is -1.32. The lowest BCUT2D eigenvalue weighted by atomic mass is 10.0. The number of allylic oxidation sites excluding steroid dienone is 1. The highest BCUT2D eigenvalue weighted by atomic mass is 16.2. The average molecular weight is 168 g/mol. The topological polar surface area (TPSA) is 63.4 Å². The van der Waals surface area contributed by atoms with Crippen LogP contribution in [0, 0.1) is 0 Å². The maximum atomic E-state index is 11.2. The molecular weight excluding hydrogens is 156 g/mol. The monoisotopic (exact) mass is 168 g/mol. The van der Waals surface area contributed by atoms with E-state index in [0.29, 0.717) is 13.0 Å². The molecule has 0 saturated carbocycles. The van der Waals surface area contributed by atoms with Gasteiger partial charge in [0.05, 0.1) is 0 Å². The molecule has 1 aliphatic rings. The Kier molecular flexibility index (Phi) is 2.47. The van der Waals surface area contributed by atoms with Crippen LogP contribution in [0.4, 0.5) is 0 Å². The van der Waals surface area contributed by atoms with Crippen LogP contribution in [-0.4, -0.2) is 29.3 Å². The lowest BCUT2D eigenvalue weighted by Crippen LogP contribution is -2.56. The smallest absolute Gasteiger partial charge is 0.246 e. The number of amides is 2. The van der Waals surface area contributed by atoms with Gasteiger partial charge in [-0.2, -0.15) is 0 Å². The zero-order chi connectivity index (χ0) is 9.14. The van der Waals surface area contributed by atoms with Gasteiger partial charge in [0.1, 0.15) is 6.04 Å². The van der Waals surface area contributed by atoms with Gasteiger partial charge in [-0.25, -0.2) is 0 Å². The summed E-state index contributed by atoms with van der Waals surface area (Å²) in [5, 5.41) is 0. The first-order chi connectivity index (χ1) is 5.66. The predicted octanol–water partition coefficient (Wildman–Crippen LogP) is -0.351. The summed E-state index contributed by atoms with van der Waals surface area (Å²) in [7, 11) is 0. The van der Waals surface area contributed by atoms with Crippen LogP contribution in [0.1, 0.15) is 13.3 Å². The number of hydrogen-bond donors (Lipinski definition) is 1. The molecule has 0 aliphatic carbocycles. The van der Waals surface area contributed by atoms with Gasteiger partial charge in [0.25, 0.3) is 0 Å². The van der Waals surface area contributed by atoms with Gasteiger partial charge in [-0.05, 0) is 19.4 Å². The van der Waals surface area contributed by atoms with Crippen molar-refractivity contribution in [3.8, 4) is 0 Å². The Morgan fingerprint density at radius 2 is 2.25 bits per heavy atom. The number of likely N-dealkylation sites (tertiary alicyclic amines) is 1. The second-order valence-electron chi connectivity index (χ2n) is 2.74. The minimum atomic E-state index is -0.417. The van der Waals surface area contributed by atoms with Crippen LogP contribution >= 0.6 is 0 Å². The van der Waals surface area contributed by atoms with Crippen molar-refractivity contribution >= 4 is 11.8 Å². The fraction of sp³-hybridized carbons (Fsp3) is 0.500. The number of nitrogens with two attached hydrogens (primary N) is 1. The van der Waals surface area contributed by atoms with Crippen LogP contribution in [0.15, 0.2) is 12.2 Å². The number of carbonyl (C=O) groups is 2. The summed E-state index contributed by atoms with van der Waals surface area (Å²) in [6, 6.07) is -0.381. The second-order valence-corrected chi connectivity index (χ2v) is 2.74. The molecule has 1 saturated heterocycles. The van der Waals surface area contributed by atoms with Crippen LogP contribution in [-0.2, 0) is 9.59 Å². The minimum absolute atomic E-state index is 0.132. The van der Waals surface area contributed by atoms with Crippen molar-refractivity contribution in [3.63, 3.8) is 0 Å². The minimum Gasteiger partial charge on any atom is -0.368 e. The normalized spacial score (nSPS) is 22.4. The predicted molar refractivity (Wildman–Crippen MR) is 44.1 cm³/mol. The lowest BCUT2D eigenvalue weighted by molar-refractivity contribution is -0.142. The second kappa shape index (κ2) is 3.38. The third kappa shape index (κ3) is 1.47. The van der Waals surface area contributed by atoms with Gasteiger partial charge in [0, 0.05) is 6.54 Å². The molecule has 4 nitrogen and oxygen atoms in total. The van der Waals surface area contributed by atoms with Crippen molar-refractivity contribution in [1.29, 1.82) is 0 Å². The van der Waals surface area contributed by atoms with E-state index in [9.17, 15) is 9.59 Å². The van der Waals surface area contributed by atoms with Crippen molar-refractivity contribution in [1.82, 2.24) is 4.90 Å². The third-order valence-electron chi connectivity index (χ3n) is 1.94. The zero-order valence-electron chi connectivity index (χ0n) is 6.99. The molecule has 12 heavy (non-hydrogen) atoms. The van der Waals surface area contributed by atoms with Crippen molar-refractivity contribution in [2.45, 2.75) is 19.4 Å². The Balaban J connectivity index is 2.54. The molecule has 1 rings (SSSR count). The van der Waals surface area contributed by atoms with E-state index in [1.807, 2.05) is 0 Å². The Morgan fingerprint density at radius 1 is 1.58 bits per heavy atom. The number of nitrogens with zero attached hydrogens (tertiary/aromatic N) is 1. The quantitative estimate of drug-likeness (QED) is 0.573. The molecule has 0 aromatic rings. The Labute approximate surface area is 71.0 Å². The van der Waals surface area contributed by atoms with Crippen LogP contribution in [0.2, 0.25) is 0 Å². The maximum Gasteiger partial charge on any atom is 0.246 e. The first kappa shape index (κ1) is 8.77. The SMILES string of the molecule is C/C=C/C(=O)N1CCC1C(N)=O. The standard InChI is InChI=1S/C8H12N2O2/c1-2-3-7(11)10-5-4-6(10)8(9)12/h2-3,6H,4-5H2,1H3,(H2,9,12)/b3-2+. The first-order valence-corrected chi connectivity index (χ1v) is 3.89. The zero-order valence-corrected chi connectivity index (χ0v) is 6.99. The fourth-order valence-electron chi connectivity index (χ4n) is 1.19. The van der Waals surface area contributed by atoms with E-state index in [2.05, 4.69) is 0 Å². The molecule has 0 aromatic carbocycles. The molecule has 1 unspecified atom stereocenters. The number of rotatable bonds is 2. The molecule has 0 aromatic heterocycles. The van der Waals surface area contributed by atoms with E-state index in [0.717, 1.165) is 0 Å². The van der Waals surface area contributed by atoms with E-state index in [1.54, 1.807) is 13.0 Å². The van der Waals surface area contributed by atoms with Gasteiger partial charge in [0.15, 0.2) is 0 Å². The third-order valence-corrected chi connectivity index (χ3v) is 1.94. The largest absolute Gasteiger partial charge is 0.368 e. The van der Waals surface area contributed by atoms with Gasteiger partial charge < -0.3 is 10.6 Å². The van der Waals surface area contributed by atoms with Crippen LogP contribution in [0.25, 0.3) is 0 Å². The molecule has 1 atom stereocenters. The molecule has 1 fully saturated rings. The summed E-state index contributed by atoms with van der Waals surface area (Å²) in [4.78, 5) is 23.4. The highest BCUT2D eigenvalue weighted by Crippen LogP contribution is 2.16. The highest BCUT2D eigenvalue weighted by Gasteiger charge is 2.34. The molecule has 2 N–H and O–H groups in total. The molecular formula is C8H12N2O2. The van der Waals surface area contributed by atoms with Crippen molar-refractivity contribution < 1.29 is 9.59 Å². The van der Waals surface area contributed by atoms with E-state index < -0.39 is 5.91 Å². The molecule has 1 heterocycles. The molecule has 2 amide bonds. The van der Waals surface area contributed by atoms with Gasteiger partial charge in [-0.1, -0.05) is 6.08 Å². The Morgan fingerprint density at radius 3 is 2.58 bits per heavy atom. The fourth-order valence-corrected chi connectivity index (χ4v) is 1.19. The first-order valence-electron chi connectivity index (χ1n) is 3.89. The molecule has 0 bridgehead atoms. The summed E-state index contributed by atoms with van der Waals surface area (Å²) in [5.74, 6) is -0.549. The Bertz CT molecular complexity index is 235. The highest BCUT2D eigenvalue weighted by molar-refractivity contribution is 5.93. The summed E-state index contributed by atoms with van der Waals surface area (Å²) in [6.45, 7) is 2.40. The molecule has 66 valence electrons.